The summed E-state index contributed by atoms with van der Waals surface area (Å²) < 4.78 is 5.27. The van der Waals surface area contributed by atoms with Crippen LogP contribution in [0.4, 0.5) is 11.4 Å². The Hall–Kier alpha value is -2.15. The zero-order chi connectivity index (χ0) is 14.7. The molecule has 0 bridgehead atoms. The van der Waals surface area contributed by atoms with Gasteiger partial charge in [0.05, 0.1) is 11.0 Å². The molecule has 2 unspecified atom stereocenters. The number of primary amides is 1. The van der Waals surface area contributed by atoms with E-state index in [0.717, 1.165) is 19.3 Å². The maximum atomic E-state index is 11.1. The van der Waals surface area contributed by atoms with Crippen LogP contribution in [0.25, 0.3) is 0 Å². The minimum absolute atomic E-state index is 0.128. The topological polar surface area (TPSA) is 107 Å². The van der Waals surface area contributed by atoms with Crippen LogP contribution >= 0.6 is 0 Å². The second-order valence-electron chi connectivity index (χ2n) is 4.87. The van der Waals surface area contributed by atoms with Gasteiger partial charge >= 0.3 is 0 Å². The number of amides is 1. The number of anilines is 1. The number of hydrogen-bond donors (Lipinski definition) is 2. The SMILES string of the molecule is COC1CCC(Nc2ccc(C(N)=O)cc2[N+](=O)[O-])C1. The Balaban J connectivity index is 2.19. The van der Waals surface area contributed by atoms with Crippen molar-refractivity contribution in [2.24, 2.45) is 5.73 Å². The van der Waals surface area contributed by atoms with Gasteiger partial charge in [-0.05, 0) is 31.4 Å². The summed E-state index contributed by atoms with van der Waals surface area (Å²) >= 11 is 0. The average molecular weight is 279 g/mol. The number of nitro benzene ring substituents is 1. The van der Waals surface area contributed by atoms with Crippen LogP contribution in [0.3, 0.4) is 0 Å². The van der Waals surface area contributed by atoms with Crippen molar-refractivity contribution < 1.29 is 14.5 Å². The second-order valence-corrected chi connectivity index (χ2v) is 4.87. The van der Waals surface area contributed by atoms with Gasteiger partial charge in [-0.2, -0.15) is 0 Å². The van der Waals surface area contributed by atoms with E-state index in [0.29, 0.717) is 5.69 Å². The van der Waals surface area contributed by atoms with Gasteiger partial charge in [0.25, 0.3) is 5.69 Å². The van der Waals surface area contributed by atoms with Gasteiger partial charge in [0, 0.05) is 24.8 Å². The maximum absolute atomic E-state index is 11.1. The van der Waals surface area contributed by atoms with E-state index >= 15 is 0 Å². The molecule has 1 aromatic carbocycles. The van der Waals surface area contributed by atoms with E-state index in [4.69, 9.17) is 10.5 Å². The number of hydrogen-bond acceptors (Lipinski definition) is 5. The third kappa shape index (κ3) is 3.05. The quantitative estimate of drug-likeness (QED) is 0.629. The lowest BCUT2D eigenvalue weighted by molar-refractivity contribution is -0.384. The Labute approximate surface area is 116 Å². The Morgan fingerprint density at radius 1 is 1.50 bits per heavy atom. The third-order valence-corrected chi connectivity index (χ3v) is 3.56. The van der Waals surface area contributed by atoms with E-state index in [2.05, 4.69) is 5.32 Å². The first-order valence-corrected chi connectivity index (χ1v) is 6.39. The maximum Gasteiger partial charge on any atom is 0.293 e. The molecule has 108 valence electrons. The monoisotopic (exact) mass is 279 g/mol. The van der Waals surface area contributed by atoms with Crippen molar-refractivity contribution in [3.63, 3.8) is 0 Å². The van der Waals surface area contributed by atoms with Crippen molar-refractivity contribution in [2.45, 2.75) is 31.4 Å². The molecule has 1 amide bonds. The molecule has 20 heavy (non-hydrogen) atoms. The number of nitrogens with one attached hydrogen (secondary N) is 1. The number of methoxy groups -OCH3 is 1. The van der Waals surface area contributed by atoms with Gasteiger partial charge < -0.3 is 15.8 Å². The van der Waals surface area contributed by atoms with Crippen molar-refractivity contribution in [3.8, 4) is 0 Å². The predicted molar refractivity (Wildman–Crippen MR) is 73.7 cm³/mol. The van der Waals surface area contributed by atoms with Gasteiger partial charge in [0.1, 0.15) is 5.69 Å². The van der Waals surface area contributed by atoms with E-state index in [1.807, 2.05) is 0 Å². The van der Waals surface area contributed by atoms with E-state index in [-0.39, 0.29) is 23.4 Å². The summed E-state index contributed by atoms with van der Waals surface area (Å²) in [7, 11) is 1.66. The molecule has 1 saturated carbocycles. The molecule has 1 aliphatic carbocycles. The highest BCUT2D eigenvalue weighted by Crippen LogP contribution is 2.30. The lowest BCUT2D eigenvalue weighted by Gasteiger charge is -2.14. The van der Waals surface area contributed by atoms with Gasteiger partial charge in [-0.1, -0.05) is 0 Å². The zero-order valence-electron chi connectivity index (χ0n) is 11.2. The second kappa shape index (κ2) is 5.87. The number of carbonyl (C=O) groups excluding carboxylic acids is 1. The fraction of sp³-hybridized carbons (Fsp3) is 0.462. The van der Waals surface area contributed by atoms with Crippen LogP contribution in [0.5, 0.6) is 0 Å². The van der Waals surface area contributed by atoms with E-state index in [9.17, 15) is 14.9 Å². The van der Waals surface area contributed by atoms with E-state index in [1.54, 1.807) is 7.11 Å². The molecule has 0 spiro atoms. The Morgan fingerprint density at radius 2 is 2.25 bits per heavy atom. The zero-order valence-corrected chi connectivity index (χ0v) is 11.2. The van der Waals surface area contributed by atoms with Gasteiger partial charge in [0.15, 0.2) is 0 Å². The minimum atomic E-state index is -0.681. The largest absolute Gasteiger partial charge is 0.381 e. The molecule has 2 atom stereocenters. The number of ether oxygens (including phenoxy) is 1. The van der Waals surface area contributed by atoms with E-state index in [1.165, 1.54) is 18.2 Å². The van der Waals surface area contributed by atoms with Crippen molar-refractivity contribution in [3.05, 3.63) is 33.9 Å². The standard InChI is InChI=1S/C13H17N3O4/c1-20-10-4-3-9(7-10)15-11-5-2-8(13(14)17)6-12(11)16(18)19/h2,5-6,9-10,15H,3-4,7H2,1H3,(H2,14,17). The Bertz CT molecular complexity index is 532. The van der Waals surface area contributed by atoms with Crippen LogP contribution in [0, 0.1) is 10.1 Å². The number of rotatable bonds is 5. The molecule has 7 heteroatoms. The minimum Gasteiger partial charge on any atom is -0.381 e. The van der Waals surface area contributed by atoms with Crippen LogP contribution in [-0.2, 0) is 4.74 Å². The first-order valence-electron chi connectivity index (χ1n) is 6.39. The summed E-state index contributed by atoms with van der Waals surface area (Å²) in [6.07, 6.45) is 2.83. The summed E-state index contributed by atoms with van der Waals surface area (Å²) in [5.74, 6) is -0.681. The Morgan fingerprint density at radius 3 is 2.80 bits per heavy atom. The third-order valence-electron chi connectivity index (χ3n) is 3.56. The average Bonchev–Trinajstić information content (AvgIpc) is 2.86. The number of benzene rings is 1. The van der Waals surface area contributed by atoms with Crippen molar-refractivity contribution in [1.82, 2.24) is 0 Å². The number of nitrogens with two attached hydrogens (primary N) is 1. The number of nitro groups is 1. The fourth-order valence-corrected chi connectivity index (χ4v) is 2.46. The van der Waals surface area contributed by atoms with Crippen LogP contribution in [-0.4, -0.2) is 30.1 Å². The van der Waals surface area contributed by atoms with Crippen molar-refractivity contribution in [1.29, 1.82) is 0 Å². The predicted octanol–water partition coefficient (Wildman–Crippen LogP) is 1.67. The van der Waals surface area contributed by atoms with Gasteiger partial charge in [-0.25, -0.2) is 0 Å². The molecule has 0 heterocycles. The van der Waals surface area contributed by atoms with Gasteiger partial charge in [-0.15, -0.1) is 0 Å². The van der Waals surface area contributed by atoms with Crippen molar-refractivity contribution in [2.75, 3.05) is 12.4 Å². The molecule has 7 nitrogen and oxygen atoms in total. The molecule has 0 radical (unpaired) electrons. The highest BCUT2D eigenvalue weighted by atomic mass is 16.6. The summed E-state index contributed by atoms with van der Waals surface area (Å²) in [6, 6.07) is 4.35. The molecule has 2 rings (SSSR count). The molecule has 3 N–H and O–H groups in total. The molecule has 0 saturated heterocycles. The first kappa shape index (κ1) is 14.3. The lowest BCUT2D eigenvalue weighted by atomic mass is 10.1. The van der Waals surface area contributed by atoms with E-state index < -0.39 is 10.8 Å². The normalized spacial score (nSPS) is 21.6. The lowest BCUT2D eigenvalue weighted by Crippen LogP contribution is -2.18. The summed E-state index contributed by atoms with van der Waals surface area (Å²) in [5.41, 5.74) is 5.53. The van der Waals surface area contributed by atoms with Crippen LogP contribution < -0.4 is 11.1 Å². The molecule has 0 aliphatic heterocycles. The van der Waals surface area contributed by atoms with Crippen LogP contribution in [0.1, 0.15) is 29.6 Å². The molecular weight excluding hydrogens is 262 g/mol. The Kier molecular flexibility index (Phi) is 4.19. The molecule has 0 aromatic heterocycles. The molecule has 1 aromatic rings. The van der Waals surface area contributed by atoms with Crippen molar-refractivity contribution >= 4 is 17.3 Å². The number of nitrogens with zero attached hydrogens (tertiary/aromatic N) is 1. The highest BCUT2D eigenvalue weighted by molar-refractivity contribution is 5.94. The fourth-order valence-electron chi connectivity index (χ4n) is 2.46. The van der Waals surface area contributed by atoms with Gasteiger partial charge in [-0.3, -0.25) is 14.9 Å². The first-order chi connectivity index (χ1) is 9.51. The summed E-state index contributed by atoms with van der Waals surface area (Å²) in [5, 5.41) is 14.2. The molecular formula is C13H17N3O4. The molecule has 1 fully saturated rings. The number of carbonyl (C=O) groups is 1. The van der Waals surface area contributed by atoms with Crippen LogP contribution in [0.2, 0.25) is 0 Å². The summed E-state index contributed by atoms with van der Waals surface area (Å²) in [4.78, 5) is 21.6. The highest BCUT2D eigenvalue weighted by Gasteiger charge is 2.26. The summed E-state index contributed by atoms with van der Waals surface area (Å²) in [6.45, 7) is 0. The smallest absolute Gasteiger partial charge is 0.293 e. The van der Waals surface area contributed by atoms with Gasteiger partial charge in [0.2, 0.25) is 5.91 Å². The van der Waals surface area contributed by atoms with Crippen LogP contribution in [0.15, 0.2) is 18.2 Å². The molecule has 1 aliphatic rings.